The molecule has 0 aliphatic carbocycles. The Morgan fingerprint density at radius 3 is 2.64 bits per heavy atom. The average molecular weight is 399 g/mol. The zero-order valence-corrected chi connectivity index (χ0v) is 16.7. The molecule has 1 heterocycles. The lowest BCUT2D eigenvalue weighted by Crippen LogP contribution is -2.37. The number of rotatable bonds is 7. The van der Waals surface area contributed by atoms with Crippen LogP contribution in [-0.4, -0.2) is 34.0 Å². The Kier molecular flexibility index (Phi) is 7.02. The van der Waals surface area contributed by atoms with Gasteiger partial charge < -0.3 is 10.6 Å². The van der Waals surface area contributed by atoms with Gasteiger partial charge in [0, 0.05) is 25.0 Å². The van der Waals surface area contributed by atoms with Crippen molar-refractivity contribution < 1.29 is 4.39 Å². The van der Waals surface area contributed by atoms with Gasteiger partial charge >= 0.3 is 0 Å². The van der Waals surface area contributed by atoms with Crippen molar-refractivity contribution in [2.75, 3.05) is 13.3 Å². The number of hydrogen-bond donors (Lipinski definition) is 2. The largest absolute Gasteiger partial charge is 0.352 e. The summed E-state index contributed by atoms with van der Waals surface area (Å²) in [4.78, 5) is 4.26. The van der Waals surface area contributed by atoms with Gasteiger partial charge in [-0.25, -0.2) is 4.39 Å². The van der Waals surface area contributed by atoms with E-state index in [1.165, 1.54) is 6.07 Å². The van der Waals surface area contributed by atoms with Gasteiger partial charge in [-0.15, -0.1) is 10.2 Å². The molecule has 28 heavy (non-hydrogen) atoms. The lowest BCUT2D eigenvalue weighted by atomic mass is 10.1. The molecule has 2 aromatic carbocycles. The Hall–Kier alpha value is -2.87. The monoisotopic (exact) mass is 398 g/mol. The van der Waals surface area contributed by atoms with E-state index in [-0.39, 0.29) is 5.82 Å². The predicted octanol–water partition coefficient (Wildman–Crippen LogP) is 3.13. The second-order valence-corrected chi connectivity index (χ2v) is 6.94. The number of hydrogen-bond acceptors (Lipinski definition) is 4. The highest BCUT2D eigenvalue weighted by atomic mass is 32.2. The summed E-state index contributed by atoms with van der Waals surface area (Å²) in [7, 11) is 1.71. The number of para-hydroxylation sites is 1. The normalized spacial score (nSPS) is 11.5. The Bertz CT molecular complexity index is 925. The van der Waals surface area contributed by atoms with E-state index < -0.39 is 0 Å². The number of halogens is 1. The maximum Gasteiger partial charge on any atom is 0.191 e. The van der Waals surface area contributed by atoms with Crippen molar-refractivity contribution in [1.29, 1.82) is 0 Å². The molecule has 3 aromatic rings. The van der Waals surface area contributed by atoms with Gasteiger partial charge in [-0.05, 0) is 41.6 Å². The number of aliphatic imine (C=N–C) groups is 1. The van der Waals surface area contributed by atoms with Crippen LogP contribution >= 0.6 is 11.8 Å². The number of thioether (sulfide) groups is 1. The highest BCUT2D eigenvalue weighted by Gasteiger charge is 2.09. The van der Waals surface area contributed by atoms with Crippen LogP contribution in [0.15, 0.2) is 59.9 Å². The van der Waals surface area contributed by atoms with Crippen molar-refractivity contribution in [3.63, 3.8) is 0 Å². The van der Waals surface area contributed by atoms with Crippen molar-refractivity contribution in [2.45, 2.75) is 18.8 Å². The molecule has 0 aliphatic rings. The number of nitrogens with one attached hydrogen (secondary N) is 2. The molecule has 8 heteroatoms. The van der Waals surface area contributed by atoms with Gasteiger partial charge in [0.2, 0.25) is 0 Å². The van der Waals surface area contributed by atoms with E-state index in [9.17, 15) is 4.39 Å². The minimum absolute atomic E-state index is 0.212. The molecule has 0 fully saturated rings. The van der Waals surface area contributed by atoms with Crippen LogP contribution in [0.2, 0.25) is 0 Å². The third-order valence-corrected chi connectivity index (χ3v) is 4.80. The zero-order valence-electron chi connectivity index (χ0n) is 15.9. The molecule has 0 radical (unpaired) electrons. The van der Waals surface area contributed by atoms with Crippen molar-refractivity contribution in [1.82, 2.24) is 25.4 Å². The number of aromatic nitrogens is 3. The molecule has 0 saturated heterocycles. The molecule has 0 spiro atoms. The Morgan fingerprint density at radius 1 is 1.11 bits per heavy atom. The molecule has 146 valence electrons. The van der Waals surface area contributed by atoms with Gasteiger partial charge in [-0.3, -0.25) is 9.56 Å². The smallest absolute Gasteiger partial charge is 0.191 e. The van der Waals surface area contributed by atoms with E-state index in [2.05, 4.69) is 25.8 Å². The lowest BCUT2D eigenvalue weighted by molar-refractivity contribution is 0.625. The van der Waals surface area contributed by atoms with Crippen LogP contribution in [0.3, 0.4) is 0 Å². The Balaban J connectivity index is 1.62. The molecular formula is C20H23FN6S. The molecule has 3 rings (SSSR count). The fourth-order valence-electron chi connectivity index (χ4n) is 2.80. The number of benzene rings is 2. The van der Waals surface area contributed by atoms with Crippen molar-refractivity contribution >= 4 is 17.7 Å². The maximum absolute atomic E-state index is 13.5. The SMILES string of the molecule is CN=C(NCc1ccc(F)cc1CSC)NCc1nncn1-c1ccccc1. The molecule has 0 atom stereocenters. The topological polar surface area (TPSA) is 67.1 Å². The van der Waals surface area contributed by atoms with Crippen LogP contribution in [0, 0.1) is 5.82 Å². The fraction of sp³-hybridized carbons (Fsp3) is 0.250. The third kappa shape index (κ3) is 5.10. The van der Waals surface area contributed by atoms with Crippen LogP contribution in [0.4, 0.5) is 4.39 Å². The molecule has 2 N–H and O–H groups in total. The van der Waals surface area contributed by atoms with Crippen molar-refractivity contribution in [3.8, 4) is 5.69 Å². The summed E-state index contributed by atoms with van der Waals surface area (Å²) >= 11 is 1.67. The van der Waals surface area contributed by atoms with Crippen LogP contribution in [-0.2, 0) is 18.8 Å². The summed E-state index contributed by atoms with van der Waals surface area (Å²) in [5, 5.41) is 14.7. The van der Waals surface area contributed by atoms with Gasteiger partial charge in [-0.2, -0.15) is 11.8 Å². The van der Waals surface area contributed by atoms with Gasteiger partial charge in [0.25, 0.3) is 0 Å². The highest BCUT2D eigenvalue weighted by molar-refractivity contribution is 7.97. The predicted molar refractivity (Wildman–Crippen MR) is 112 cm³/mol. The first-order valence-electron chi connectivity index (χ1n) is 8.86. The fourth-order valence-corrected chi connectivity index (χ4v) is 3.38. The van der Waals surface area contributed by atoms with Crippen LogP contribution < -0.4 is 10.6 Å². The van der Waals surface area contributed by atoms with E-state index in [0.29, 0.717) is 19.0 Å². The van der Waals surface area contributed by atoms with Gasteiger partial charge in [-0.1, -0.05) is 24.3 Å². The van der Waals surface area contributed by atoms with Crippen LogP contribution in [0.5, 0.6) is 0 Å². The van der Waals surface area contributed by atoms with Crippen molar-refractivity contribution in [3.05, 3.63) is 77.6 Å². The van der Waals surface area contributed by atoms with E-state index in [4.69, 9.17) is 0 Å². The molecular weight excluding hydrogens is 375 g/mol. The third-order valence-electron chi connectivity index (χ3n) is 4.20. The van der Waals surface area contributed by atoms with E-state index in [0.717, 1.165) is 28.4 Å². The van der Waals surface area contributed by atoms with Gasteiger partial charge in [0.15, 0.2) is 11.8 Å². The van der Waals surface area contributed by atoms with Crippen LogP contribution in [0.25, 0.3) is 5.69 Å². The molecule has 0 unspecified atom stereocenters. The molecule has 0 amide bonds. The molecule has 0 saturated carbocycles. The second kappa shape index (κ2) is 9.89. The van der Waals surface area contributed by atoms with Crippen LogP contribution in [0.1, 0.15) is 17.0 Å². The summed E-state index contributed by atoms with van der Waals surface area (Å²) in [6.07, 6.45) is 3.70. The summed E-state index contributed by atoms with van der Waals surface area (Å²) < 4.78 is 15.4. The Labute approximate surface area is 168 Å². The number of nitrogens with zero attached hydrogens (tertiary/aromatic N) is 4. The zero-order chi connectivity index (χ0) is 19.8. The molecule has 6 nitrogen and oxygen atoms in total. The average Bonchev–Trinajstić information content (AvgIpc) is 3.19. The summed E-state index contributed by atoms with van der Waals surface area (Å²) in [6.45, 7) is 1.02. The second-order valence-electron chi connectivity index (χ2n) is 6.08. The summed E-state index contributed by atoms with van der Waals surface area (Å²) in [6, 6.07) is 14.8. The quantitative estimate of drug-likeness (QED) is 0.473. The summed E-state index contributed by atoms with van der Waals surface area (Å²) in [5.74, 6) is 1.97. The first kappa shape index (κ1) is 19.9. The molecule has 0 aliphatic heterocycles. The molecule has 0 bridgehead atoms. The lowest BCUT2D eigenvalue weighted by Gasteiger charge is -2.14. The van der Waals surface area contributed by atoms with E-state index >= 15 is 0 Å². The standard InChI is InChI=1S/C20H23FN6S/c1-22-20(23-11-15-8-9-17(21)10-16(15)13-28-2)24-12-19-26-25-14-27(19)18-6-4-3-5-7-18/h3-10,14H,11-13H2,1-2H3,(H2,22,23,24). The minimum atomic E-state index is -0.212. The summed E-state index contributed by atoms with van der Waals surface area (Å²) in [5.41, 5.74) is 3.03. The van der Waals surface area contributed by atoms with Gasteiger partial charge in [0.1, 0.15) is 12.1 Å². The number of guanidine groups is 1. The molecule has 1 aromatic heterocycles. The minimum Gasteiger partial charge on any atom is -0.352 e. The first-order valence-corrected chi connectivity index (χ1v) is 10.3. The maximum atomic E-state index is 13.5. The van der Waals surface area contributed by atoms with E-state index in [1.807, 2.05) is 47.2 Å². The highest BCUT2D eigenvalue weighted by Crippen LogP contribution is 2.16. The first-order chi connectivity index (χ1) is 13.7. The Morgan fingerprint density at radius 2 is 1.89 bits per heavy atom. The van der Waals surface area contributed by atoms with Gasteiger partial charge in [0.05, 0.1) is 6.54 Å². The van der Waals surface area contributed by atoms with Crippen molar-refractivity contribution in [2.24, 2.45) is 4.99 Å². The van der Waals surface area contributed by atoms with E-state index in [1.54, 1.807) is 31.2 Å².